The summed E-state index contributed by atoms with van der Waals surface area (Å²) in [6, 6.07) is 0. The summed E-state index contributed by atoms with van der Waals surface area (Å²) in [6.07, 6.45) is 0. The molecule has 0 spiro atoms. The maximum Gasteiger partial charge on any atom is 1.00 e. The van der Waals surface area contributed by atoms with Crippen molar-refractivity contribution < 1.29 is 23.9 Å². The normalized spacial score (nSPS) is 4.14. The zero-order chi connectivity index (χ0) is 5.58. The van der Waals surface area contributed by atoms with Gasteiger partial charge in [0, 0.05) is 0 Å². The number of hydrogen-bond acceptors (Lipinski definition) is 3. The van der Waals surface area contributed by atoms with Crippen LogP contribution in [0.5, 0.6) is 0 Å². The molecule has 0 atom stereocenters. The fraction of sp³-hybridized carbons (Fsp3) is 0. The van der Waals surface area contributed by atoms with Gasteiger partial charge >= 0.3 is 57.2 Å². The summed E-state index contributed by atoms with van der Waals surface area (Å²) < 4.78 is 0. The molecule has 7 heteroatoms. The summed E-state index contributed by atoms with van der Waals surface area (Å²) in [7, 11) is 0. The van der Waals surface area contributed by atoms with Gasteiger partial charge in [0.2, 0.25) is 0 Å². The van der Waals surface area contributed by atoms with Crippen LogP contribution in [0.25, 0.3) is 0 Å². The summed E-state index contributed by atoms with van der Waals surface area (Å²) in [5.74, 6) is 0. The third-order valence-corrected chi connectivity index (χ3v) is 0. The van der Waals surface area contributed by atoms with Crippen molar-refractivity contribution in [2.24, 2.45) is 0 Å². The third kappa shape index (κ3) is 110. The van der Waals surface area contributed by atoms with E-state index in [2.05, 4.69) is 18.1 Å². The van der Waals surface area contributed by atoms with Gasteiger partial charge in [-0.05, 0) is 0 Å². The molecule has 0 saturated carbocycles. The first-order valence-electron chi connectivity index (χ1n) is 0.926. The van der Waals surface area contributed by atoms with Crippen LogP contribution in [0.1, 0.15) is 0 Å². The maximum absolute atomic E-state index is 8.25. The molecule has 0 aliphatic rings. The van der Waals surface area contributed by atoms with Crippen molar-refractivity contribution in [1.82, 2.24) is 0 Å². The van der Waals surface area contributed by atoms with Crippen molar-refractivity contribution in [2.45, 2.75) is 0 Å². The zero-order valence-corrected chi connectivity index (χ0v) is 11.9. The van der Waals surface area contributed by atoms with E-state index in [1.165, 1.54) is 0 Å². The molecule has 0 heterocycles. The molecule has 4 nitrogen and oxygen atoms in total. The molecule has 0 fully saturated rings. The van der Waals surface area contributed by atoms with Crippen LogP contribution < -0.4 is 18.9 Å². The van der Waals surface area contributed by atoms with Gasteiger partial charge in [-0.1, -0.05) is 0 Å². The zero-order valence-electron chi connectivity index (χ0n) is 4.05. The summed E-state index contributed by atoms with van der Waals surface area (Å²) in [5, 5.41) is 14.8. The van der Waals surface area contributed by atoms with Crippen molar-refractivity contribution in [2.75, 3.05) is 0 Å². The number of halogens is 1. The Morgan fingerprint density at radius 3 is 1.43 bits per heavy atom. The largest absolute Gasteiger partial charge is 1.00 e. The molecule has 36 valence electrons. The first kappa shape index (κ1) is 15.8. The Labute approximate surface area is 76.7 Å². The molecule has 0 aromatic carbocycles. The van der Waals surface area contributed by atoms with Crippen LogP contribution in [-0.4, -0.2) is 25.3 Å². The van der Waals surface area contributed by atoms with Crippen LogP contribution in [0.4, 0.5) is 0 Å². The van der Waals surface area contributed by atoms with Gasteiger partial charge in [0.05, 0.1) is 5.09 Å². The van der Waals surface area contributed by atoms with E-state index >= 15 is 0 Å². The van der Waals surface area contributed by atoms with Crippen molar-refractivity contribution in [3.05, 3.63) is 15.3 Å². The molecule has 0 N–H and O–H groups in total. The molecule has 0 aliphatic carbocycles. The first-order chi connectivity index (χ1) is 2.73. The number of hydrogen-bond donors (Lipinski definition) is 0. The van der Waals surface area contributed by atoms with E-state index in [-0.39, 0.29) is 18.9 Å². The van der Waals surface area contributed by atoms with E-state index < -0.39 is 5.09 Å². The van der Waals surface area contributed by atoms with E-state index in [9.17, 15) is 0 Å². The van der Waals surface area contributed by atoms with E-state index in [1.807, 2.05) is 0 Å². The average Bonchev–Trinajstić information content (AvgIpc) is 1.41. The SMILES string of the molecule is O=[N+]([O-])[O-].[InH2][I].[Li+]. The molecule has 0 radical (unpaired) electrons. The minimum Gasteiger partial charge on any atom is 1.00 e. The summed E-state index contributed by atoms with van der Waals surface area (Å²) in [4.78, 5) is 8.25. The number of nitrogens with zero attached hydrogens (tertiary/aromatic N) is 1. The van der Waals surface area contributed by atoms with Crippen molar-refractivity contribution >= 4 is 38.4 Å². The second kappa shape index (κ2) is 15.7. The molecule has 0 rings (SSSR count). The van der Waals surface area contributed by atoms with E-state index in [0.29, 0.717) is 0 Å². The van der Waals surface area contributed by atoms with Crippen molar-refractivity contribution in [3.8, 4) is 0 Å². The Hall–Kier alpha value is 1.40. The fourth-order valence-electron chi connectivity index (χ4n) is 0. The van der Waals surface area contributed by atoms with Gasteiger partial charge in [-0.25, -0.2) is 0 Å². The molecule has 7 heavy (non-hydrogen) atoms. The van der Waals surface area contributed by atoms with Gasteiger partial charge < -0.3 is 15.3 Å². The monoisotopic (exact) mass is 313 g/mol. The average molecular weight is 313 g/mol. The van der Waals surface area contributed by atoms with Crippen LogP contribution in [0.2, 0.25) is 0 Å². The first-order valence-corrected chi connectivity index (χ1v) is 17.6. The maximum atomic E-state index is 8.25. The standard InChI is InChI=1S/HI.In.Li.NO3.2H/c;;;2-1(3)4;;/h1H;;;;;/q;2*+1;-1;;/p-1. The Balaban J connectivity index is -0.0000000480. The molecule has 0 aromatic rings. The van der Waals surface area contributed by atoms with Crippen molar-refractivity contribution in [1.29, 1.82) is 0 Å². The van der Waals surface area contributed by atoms with Gasteiger partial charge in [0.1, 0.15) is 0 Å². The van der Waals surface area contributed by atoms with Gasteiger partial charge in [0.15, 0.2) is 0 Å². The van der Waals surface area contributed by atoms with Gasteiger partial charge in [0.25, 0.3) is 0 Å². The molecule has 0 unspecified atom stereocenters. The van der Waals surface area contributed by atoms with Gasteiger partial charge in [-0.2, -0.15) is 0 Å². The molecule has 0 bridgehead atoms. The van der Waals surface area contributed by atoms with Crippen LogP contribution >= 0.6 is 18.1 Å². The number of rotatable bonds is 0. The van der Waals surface area contributed by atoms with Crippen LogP contribution in [0, 0.1) is 15.3 Å². The fourth-order valence-corrected chi connectivity index (χ4v) is 0. The molecule has 0 aromatic heterocycles. The second-order valence-electron chi connectivity index (χ2n) is 0.224. The Morgan fingerprint density at radius 1 is 1.43 bits per heavy atom. The molecular formula is H2IInLiNO3. The second-order valence-corrected chi connectivity index (χ2v) is 0.224. The predicted octanol–water partition coefficient (Wildman–Crippen LogP) is -3.27. The smallest absolute Gasteiger partial charge is 1.00 e. The van der Waals surface area contributed by atoms with Gasteiger partial charge in [-0.15, -0.1) is 0 Å². The predicted molar refractivity (Wildman–Crippen MR) is 32.9 cm³/mol. The van der Waals surface area contributed by atoms with Gasteiger partial charge in [-0.3, -0.25) is 0 Å². The molecule has 0 aliphatic heterocycles. The van der Waals surface area contributed by atoms with Crippen LogP contribution in [0.15, 0.2) is 0 Å². The summed E-state index contributed by atoms with van der Waals surface area (Å²) >= 11 is 3.28. The molecule has 0 saturated heterocycles. The Kier molecular flexibility index (Phi) is 35.3. The van der Waals surface area contributed by atoms with Crippen LogP contribution in [0.3, 0.4) is 0 Å². The topological polar surface area (TPSA) is 66.2 Å². The van der Waals surface area contributed by atoms with Crippen LogP contribution in [-0.2, 0) is 0 Å². The Bertz CT molecular complexity index is 37.9. The summed E-state index contributed by atoms with van der Waals surface area (Å²) in [5.41, 5.74) is 0. The van der Waals surface area contributed by atoms with E-state index in [1.54, 1.807) is 0 Å². The molecular weight excluding hydrogens is 311 g/mol. The Morgan fingerprint density at radius 2 is 1.43 bits per heavy atom. The van der Waals surface area contributed by atoms with Crippen molar-refractivity contribution in [3.63, 3.8) is 0 Å². The van der Waals surface area contributed by atoms with E-state index in [0.717, 1.165) is 20.2 Å². The summed E-state index contributed by atoms with van der Waals surface area (Å²) in [6.45, 7) is 0. The molecule has 0 amide bonds. The third-order valence-electron chi connectivity index (χ3n) is 0. The quantitative estimate of drug-likeness (QED) is 0.204. The minimum absolute atomic E-state index is 0. The van der Waals surface area contributed by atoms with E-state index in [4.69, 9.17) is 15.3 Å². The minimum atomic E-state index is -1.75.